The Hall–Kier alpha value is -0.770. The van der Waals surface area contributed by atoms with E-state index in [1.54, 1.807) is 0 Å². The predicted molar refractivity (Wildman–Crippen MR) is 66.4 cm³/mol. The van der Waals surface area contributed by atoms with Gasteiger partial charge < -0.3 is 10.6 Å². The van der Waals surface area contributed by atoms with Gasteiger partial charge in [-0.15, -0.1) is 0 Å². The third kappa shape index (κ3) is 2.43. The molecule has 0 saturated heterocycles. The third-order valence-electron chi connectivity index (χ3n) is 3.16. The van der Waals surface area contributed by atoms with Gasteiger partial charge in [0.1, 0.15) is 10.8 Å². The second-order valence-electron chi connectivity index (χ2n) is 4.17. The fraction of sp³-hybridized carbons (Fsp3) is 0.727. The van der Waals surface area contributed by atoms with Crippen molar-refractivity contribution in [1.29, 1.82) is 0 Å². The first-order valence-corrected chi connectivity index (χ1v) is 6.57. The first kappa shape index (κ1) is 10.7. The number of rotatable bonds is 3. The maximum Gasteiger partial charge on any atom is 0.139 e. The van der Waals surface area contributed by atoms with Crippen LogP contribution in [0.5, 0.6) is 0 Å². The Morgan fingerprint density at radius 1 is 1.47 bits per heavy atom. The largest absolute Gasteiger partial charge is 0.383 e. The summed E-state index contributed by atoms with van der Waals surface area (Å²) in [5, 5.41) is 1.24. The normalized spacial score (nSPS) is 17.9. The minimum atomic E-state index is 0.657. The highest BCUT2D eigenvalue weighted by Crippen LogP contribution is 2.30. The molecule has 0 spiro atoms. The van der Waals surface area contributed by atoms with Crippen LogP contribution < -0.4 is 10.6 Å². The van der Waals surface area contributed by atoms with Crippen LogP contribution in [0.4, 0.5) is 10.8 Å². The van der Waals surface area contributed by atoms with Crippen molar-refractivity contribution < 1.29 is 0 Å². The van der Waals surface area contributed by atoms with Gasteiger partial charge in [-0.1, -0.05) is 19.3 Å². The molecule has 0 unspecified atom stereocenters. The molecule has 1 aromatic heterocycles. The molecule has 84 valence electrons. The number of nitrogen functional groups attached to an aromatic ring is 1. The van der Waals surface area contributed by atoms with Crippen molar-refractivity contribution in [2.75, 3.05) is 17.2 Å². The lowest BCUT2D eigenvalue weighted by atomic mass is 9.94. The topological polar surface area (TPSA) is 42.1 Å². The van der Waals surface area contributed by atoms with E-state index in [4.69, 9.17) is 5.73 Å². The Morgan fingerprint density at radius 2 is 2.20 bits per heavy atom. The summed E-state index contributed by atoms with van der Waals surface area (Å²) in [4.78, 5) is 2.47. The first-order valence-electron chi connectivity index (χ1n) is 5.80. The van der Waals surface area contributed by atoms with E-state index in [0.717, 1.165) is 6.54 Å². The van der Waals surface area contributed by atoms with Crippen LogP contribution in [0, 0.1) is 0 Å². The van der Waals surface area contributed by atoms with Gasteiger partial charge in [-0.05, 0) is 31.3 Å². The molecule has 0 aromatic carbocycles. The van der Waals surface area contributed by atoms with Crippen molar-refractivity contribution in [1.82, 2.24) is 4.37 Å². The predicted octanol–water partition coefficient (Wildman–Crippen LogP) is 2.88. The van der Waals surface area contributed by atoms with Crippen molar-refractivity contribution in [2.24, 2.45) is 0 Å². The Balaban J connectivity index is 2.08. The molecule has 1 heterocycles. The zero-order chi connectivity index (χ0) is 10.7. The molecule has 0 atom stereocenters. The first-order chi connectivity index (χ1) is 7.31. The quantitative estimate of drug-likeness (QED) is 0.860. The molecule has 0 amide bonds. The summed E-state index contributed by atoms with van der Waals surface area (Å²) in [5.41, 5.74) is 5.67. The molecule has 1 aliphatic carbocycles. The fourth-order valence-corrected chi connectivity index (χ4v) is 3.21. The van der Waals surface area contributed by atoms with Crippen LogP contribution in [0.25, 0.3) is 0 Å². The number of hydrogen-bond acceptors (Lipinski definition) is 4. The SMILES string of the molecule is CCN(c1cc(N)ns1)C1CCCCC1. The average Bonchev–Trinajstić information content (AvgIpc) is 2.68. The average molecular weight is 225 g/mol. The van der Waals surface area contributed by atoms with Gasteiger partial charge in [-0.2, -0.15) is 4.37 Å². The summed E-state index contributed by atoms with van der Waals surface area (Å²) >= 11 is 1.53. The van der Waals surface area contributed by atoms with E-state index >= 15 is 0 Å². The van der Waals surface area contributed by atoms with Crippen molar-refractivity contribution >= 4 is 22.4 Å². The van der Waals surface area contributed by atoms with E-state index < -0.39 is 0 Å². The van der Waals surface area contributed by atoms with E-state index in [2.05, 4.69) is 16.2 Å². The van der Waals surface area contributed by atoms with E-state index in [9.17, 15) is 0 Å². The number of hydrogen-bond donors (Lipinski definition) is 1. The van der Waals surface area contributed by atoms with Gasteiger partial charge in [0, 0.05) is 18.7 Å². The third-order valence-corrected chi connectivity index (χ3v) is 4.00. The van der Waals surface area contributed by atoms with Crippen molar-refractivity contribution in [2.45, 2.75) is 45.1 Å². The molecule has 0 bridgehead atoms. The van der Waals surface area contributed by atoms with Crippen LogP contribution in [-0.4, -0.2) is 17.0 Å². The van der Waals surface area contributed by atoms with Crippen LogP contribution in [0.2, 0.25) is 0 Å². The minimum Gasteiger partial charge on any atom is -0.383 e. The summed E-state index contributed by atoms with van der Waals surface area (Å²) in [6.07, 6.45) is 6.79. The van der Waals surface area contributed by atoms with E-state index in [-0.39, 0.29) is 0 Å². The van der Waals surface area contributed by atoms with E-state index in [0.29, 0.717) is 11.9 Å². The molecule has 4 heteroatoms. The number of anilines is 2. The van der Waals surface area contributed by atoms with Gasteiger partial charge in [-0.25, -0.2) is 0 Å². The Morgan fingerprint density at radius 3 is 2.73 bits per heavy atom. The molecule has 0 aliphatic heterocycles. The summed E-state index contributed by atoms with van der Waals surface area (Å²) in [7, 11) is 0. The summed E-state index contributed by atoms with van der Waals surface area (Å²) in [6, 6.07) is 2.71. The molecule has 1 saturated carbocycles. The molecule has 1 aliphatic rings. The Bertz CT molecular complexity index is 305. The van der Waals surface area contributed by atoms with Gasteiger partial charge in [0.25, 0.3) is 0 Å². The van der Waals surface area contributed by atoms with Crippen molar-refractivity contribution in [3.63, 3.8) is 0 Å². The number of nitrogens with zero attached hydrogens (tertiary/aromatic N) is 2. The highest BCUT2D eigenvalue weighted by molar-refractivity contribution is 7.10. The summed E-state index contributed by atoms with van der Waals surface area (Å²) in [6.45, 7) is 3.27. The molecule has 1 aromatic rings. The zero-order valence-corrected chi connectivity index (χ0v) is 10.1. The van der Waals surface area contributed by atoms with E-state index in [1.165, 1.54) is 48.6 Å². The fourth-order valence-electron chi connectivity index (χ4n) is 2.40. The standard InChI is InChI=1S/C11H19N3S/c1-2-14(9-6-4-3-5-7-9)11-8-10(12)13-15-11/h8-9H,2-7H2,1H3,(H2,12,13). The van der Waals surface area contributed by atoms with Crippen molar-refractivity contribution in [3.05, 3.63) is 6.07 Å². The maximum absolute atomic E-state index is 5.67. The molecule has 2 N–H and O–H groups in total. The zero-order valence-electron chi connectivity index (χ0n) is 9.28. The van der Waals surface area contributed by atoms with Gasteiger partial charge in [0.2, 0.25) is 0 Å². The van der Waals surface area contributed by atoms with Crippen LogP contribution in [-0.2, 0) is 0 Å². The van der Waals surface area contributed by atoms with Crippen LogP contribution in [0.1, 0.15) is 39.0 Å². The Kier molecular flexibility index (Phi) is 3.46. The van der Waals surface area contributed by atoms with Gasteiger partial charge in [0.05, 0.1) is 0 Å². The second kappa shape index (κ2) is 4.84. The van der Waals surface area contributed by atoms with Crippen LogP contribution in [0.3, 0.4) is 0 Å². The highest BCUT2D eigenvalue weighted by atomic mass is 32.1. The van der Waals surface area contributed by atoms with Crippen LogP contribution >= 0.6 is 11.5 Å². The van der Waals surface area contributed by atoms with E-state index in [1.807, 2.05) is 6.07 Å². The smallest absolute Gasteiger partial charge is 0.139 e. The van der Waals surface area contributed by atoms with Crippen molar-refractivity contribution in [3.8, 4) is 0 Å². The molecule has 15 heavy (non-hydrogen) atoms. The monoisotopic (exact) mass is 225 g/mol. The summed E-state index contributed by atoms with van der Waals surface area (Å²) in [5.74, 6) is 0.657. The molecular weight excluding hydrogens is 206 g/mol. The van der Waals surface area contributed by atoms with Crippen LogP contribution in [0.15, 0.2) is 6.07 Å². The van der Waals surface area contributed by atoms with Gasteiger partial charge in [-0.3, -0.25) is 0 Å². The summed E-state index contributed by atoms with van der Waals surface area (Å²) < 4.78 is 4.16. The minimum absolute atomic E-state index is 0.657. The Labute approximate surface area is 95.4 Å². The van der Waals surface area contributed by atoms with Gasteiger partial charge in [0.15, 0.2) is 0 Å². The molecule has 1 fully saturated rings. The lowest BCUT2D eigenvalue weighted by molar-refractivity contribution is 0.419. The number of aromatic nitrogens is 1. The lowest BCUT2D eigenvalue weighted by Crippen LogP contribution is -2.36. The molecule has 3 nitrogen and oxygen atoms in total. The molecule has 0 radical (unpaired) electrons. The number of nitrogens with two attached hydrogens (primary N) is 1. The molecule has 2 rings (SSSR count). The van der Waals surface area contributed by atoms with Gasteiger partial charge >= 0.3 is 0 Å². The second-order valence-corrected chi connectivity index (χ2v) is 4.95. The molecular formula is C11H19N3S. The maximum atomic E-state index is 5.67. The lowest BCUT2D eigenvalue weighted by Gasteiger charge is -2.33. The highest BCUT2D eigenvalue weighted by Gasteiger charge is 2.21.